The molecule has 0 spiro atoms. The molecule has 0 heterocycles. The number of hydrogen-bond acceptors (Lipinski definition) is 2. The first-order valence-electron chi connectivity index (χ1n) is 6.98. The number of amides is 1. The summed E-state index contributed by atoms with van der Waals surface area (Å²) in [5, 5.41) is 3.13. The fourth-order valence-corrected chi connectivity index (χ4v) is 2.78. The SMILES string of the molecule is Cl.Nc1ccc(C(=O)NC2CCCc3ccccc32)cc1. The molecule has 0 aliphatic heterocycles. The van der Waals surface area contributed by atoms with E-state index in [2.05, 4.69) is 23.5 Å². The number of rotatable bonds is 2. The third kappa shape index (κ3) is 3.37. The monoisotopic (exact) mass is 302 g/mol. The number of halogens is 1. The second-order valence-electron chi connectivity index (χ2n) is 5.24. The Bertz CT molecular complexity index is 625. The Hall–Kier alpha value is -2.00. The van der Waals surface area contributed by atoms with E-state index in [1.165, 1.54) is 11.1 Å². The third-order valence-corrected chi connectivity index (χ3v) is 3.85. The van der Waals surface area contributed by atoms with Gasteiger partial charge in [-0.2, -0.15) is 0 Å². The quantitative estimate of drug-likeness (QED) is 0.834. The van der Waals surface area contributed by atoms with Crippen LogP contribution in [0.25, 0.3) is 0 Å². The van der Waals surface area contributed by atoms with Crippen molar-refractivity contribution in [2.45, 2.75) is 25.3 Å². The van der Waals surface area contributed by atoms with Gasteiger partial charge in [0.2, 0.25) is 0 Å². The molecule has 0 saturated carbocycles. The van der Waals surface area contributed by atoms with Crippen LogP contribution in [0.1, 0.15) is 40.4 Å². The summed E-state index contributed by atoms with van der Waals surface area (Å²) in [4.78, 5) is 12.3. The Morgan fingerprint density at radius 3 is 2.57 bits per heavy atom. The van der Waals surface area contributed by atoms with E-state index in [4.69, 9.17) is 5.73 Å². The van der Waals surface area contributed by atoms with E-state index < -0.39 is 0 Å². The Morgan fingerprint density at radius 1 is 1.10 bits per heavy atom. The van der Waals surface area contributed by atoms with Gasteiger partial charge in [-0.3, -0.25) is 4.79 Å². The van der Waals surface area contributed by atoms with Crippen LogP contribution in [-0.4, -0.2) is 5.91 Å². The van der Waals surface area contributed by atoms with Crippen molar-refractivity contribution in [3.63, 3.8) is 0 Å². The van der Waals surface area contributed by atoms with Crippen LogP contribution in [0.15, 0.2) is 48.5 Å². The van der Waals surface area contributed by atoms with Crippen molar-refractivity contribution in [1.29, 1.82) is 0 Å². The number of nitrogen functional groups attached to an aromatic ring is 1. The molecular formula is C17H19ClN2O. The van der Waals surface area contributed by atoms with Crippen LogP contribution in [0.5, 0.6) is 0 Å². The van der Waals surface area contributed by atoms with E-state index in [-0.39, 0.29) is 24.4 Å². The summed E-state index contributed by atoms with van der Waals surface area (Å²) in [6.45, 7) is 0. The minimum Gasteiger partial charge on any atom is -0.399 e. The molecular weight excluding hydrogens is 284 g/mol. The Labute approximate surface area is 131 Å². The van der Waals surface area contributed by atoms with Crippen molar-refractivity contribution in [3.8, 4) is 0 Å². The lowest BCUT2D eigenvalue weighted by Gasteiger charge is -2.26. The molecule has 3 nitrogen and oxygen atoms in total. The smallest absolute Gasteiger partial charge is 0.251 e. The van der Waals surface area contributed by atoms with E-state index in [1.54, 1.807) is 24.3 Å². The predicted octanol–water partition coefficient (Wildman–Crippen LogP) is 3.50. The lowest BCUT2D eigenvalue weighted by atomic mass is 9.87. The van der Waals surface area contributed by atoms with Crippen molar-refractivity contribution < 1.29 is 4.79 Å². The van der Waals surface area contributed by atoms with Gasteiger partial charge in [0.15, 0.2) is 0 Å². The number of nitrogens with one attached hydrogen (secondary N) is 1. The van der Waals surface area contributed by atoms with Gasteiger partial charge < -0.3 is 11.1 Å². The highest BCUT2D eigenvalue weighted by Crippen LogP contribution is 2.29. The second kappa shape index (κ2) is 6.64. The van der Waals surface area contributed by atoms with E-state index in [0.717, 1.165) is 19.3 Å². The minimum absolute atomic E-state index is 0. The van der Waals surface area contributed by atoms with Crippen molar-refractivity contribution in [2.75, 3.05) is 5.73 Å². The van der Waals surface area contributed by atoms with E-state index >= 15 is 0 Å². The van der Waals surface area contributed by atoms with Crippen LogP contribution < -0.4 is 11.1 Å². The fraction of sp³-hybridized carbons (Fsp3) is 0.235. The molecule has 0 saturated heterocycles. The Kier molecular flexibility index (Phi) is 4.86. The van der Waals surface area contributed by atoms with Crippen molar-refractivity contribution >= 4 is 24.0 Å². The standard InChI is InChI=1S/C17H18N2O.ClH/c18-14-10-8-13(9-11-14)17(20)19-16-7-3-5-12-4-1-2-6-15(12)16;/h1-2,4,6,8-11,16H,3,5,7,18H2,(H,19,20);1H. The maximum Gasteiger partial charge on any atom is 0.251 e. The topological polar surface area (TPSA) is 55.1 Å². The number of carbonyl (C=O) groups is 1. The van der Waals surface area contributed by atoms with Crippen molar-refractivity contribution in [3.05, 3.63) is 65.2 Å². The number of benzene rings is 2. The van der Waals surface area contributed by atoms with Gasteiger partial charge in [0.25, 0.3) is 5.91 Å². The molecule has 1 amide bonds. The Morgan fingerprint density at radius 2 is 1.81 bits per heavy atom. The molecule has 1 atom stereocenters. The highest BCUT2D eigenvalue weighted by Gasteiger charge is 2.21. The first-order valence-corrected chi connectivity index (χ1v) is 6.98. The van der Waals surface area contributed by atoms with Crippen LogP contribution in [-0.2, 0) is 6.42 Å². The predicted molar refractivity (Wildman–Crippen MR) is 87.7 cm³/mol. The average molecular weight is 303 g/mol. The van der Waals surface area contributed by atoms with Crippen LogP contribution in [0.4, 0.5) is 5.69 Å². The van der Waals surface area contributed by atoms with E-state index in [9.17, 15) is 4.79 Å². The second-order valence-corrected chi connectivity index (χ2v) is 5.24. The summed E-state index contributed by atoms with van der Waals surface area (Å²) < 4.78 is 0. The number of fused-ring (bicyclic) bond motifs is 1. The van der Waals surface area contributed by atoms with Crippen LogP contribution >= 0.6 is 12.4 Å². The summed E-state index contributed by atoms with van der Waals surface area (Å²) in [7, 11) is 0. The normalized spacial score (nSPS) is 16.5. The minimum atomic E-state index is -0.0355. The third-order valence-electron chi connectivity index (χ3n) is 3.85. The highest BCUT2D eigenvalue weighted by molar-refractivity contribution is 5.94. The molecule has 110 valence electrons. The summed E-state index contributed by atoms with van der Waals surface area (Å²) >= 11 is 0. The number of aryl methyl sites for hydroxylation is 1. The van der Waals surface area contributed by atoms with Crippen molar-refractivity contribution in [2.24, 2.45) is 0 Å². The van der Waals surface area contributed by atoms with Gasteiger partial charge in [-0.1, -0.05) is 24.3 Å². The average Bonchev–Trinajstić information content (AvgIpc) is 2.48. The van der Waals surface area contributed by atoms with Crippen LogP contribution in [0.3, 0.4) is 0 Å². The lowest BCUT2D eigenvalue weighted by Crippen LogP contribution is -2.30. The largest absolute Gasteiger partial charge is 0.399 e. The summed E-state index contributed by atoms with van der Waals surface area (Å²) in [5.74, 6) is -0.0355. The zero-order valence-electron chi connectivity index (χ0n) is 11.7. The number of anilines is 1. The molecule has 0 fully saturated rings. The molecule has 0 radical (unpaired) electrons. The van der Waals surface area contributed by atoms with Crippen LogP contribution in [0.2, 0.25) is 0 Å². The molecule has 3 rings (SSSR count). The lowest BCUT2D eigenvalue weighted by molar-refractivity contribution is 0.0933. The zero-order valence-corrected chi connectivity index (χ0v) is 12.5. The first kappa shape index (κ1) is 15.4. The molecule has 1 aliphatic carbocycles. The fourth-order valence-electron chi connectivity index (χ4n) is 2.78. The number of hydrogen-bond donors (Lipinski definition) is 2. The van der Waals surface area contributed by atoms with Gasteiger partial charge in [0, 0.05) is 11.3 Å². The van der Waals surface area contributed by atoms with Gasteiger partial charge in [-0.05, 0) is 54.7 Å². The van der Waals surface area contributed by atoms with Crippen molar-refractivity contribution in [1.82, 2.24) is 5.32 Å². The Balaban J connectivity index is 0.00000161. The molecule has 1 aliphatic rings. The maximum atomic E-state index is 12.3. The van der Waals surface area contributed by atoms with Crippen LogP contribution in [0, 0.1) is 0 Å². The highest BCUT2D eigenvalue weighted by atomic mass is 35.5. The summed E-state index contributed by atoms with van der Waals surface area (Å²) in [5.41, 5.74) is 9.57. The van der Waals surface area contributed by atoms with Gasteiger partial charge in [0.05, 0.1) is 6.04 Å². The maximum absolute atomic E-state index is 12.3. The summed E-state index contributed by atoms with van der Waals surface area (Å²) in [6.07, 6.45) is 3.21. The molecule has 4 heteroatoms. The van der Waals surface area contributed by atoms with Gasteiger partial charge in [0.1, 0.15) is 0 Å². The molecule has 3 N–H and O–H groups in total. The molecule has 1 unspecified atom stereocenters. The van der Waals surface area contributed by atoms with Gasteiger partial charge in [-0.25, -0.2) is 0 Å². The van der Waals surface area contributed by atoms with E-state index in [0.29, 0.717) is 11.3 Å². The number of carbonyl (C=O) groups excluding carboxylic acids is 1. The molecule has 21 heavy (non-hydrogen) atoms. The molecule has 0 aromatic heterocycles. The van der Waals surface area contributed by atoms with Gasteiger partial charge in [-0.15, -0.1) is 12.4 Å². The first-order chi connectivity index (χ1) is 9.74. The van der Waals surface area contributed by atoms with E-state index in [1.807, 2.05) is 6.07 Å². The molecule has 2 aromatic rings. The van der Waals surface area contributed by atoms with Gasteiger partial charge >= 0.3 is 0 Å². The molecule has 2 aromatic carbocycles. The molecule has 0 bridgehead atoms. The zero-order chi connectivity index (χ0) is 13.9. The summed E-state index contributed by atoms with van der Waals surface area (Å²) in [6, 6.07) is 15.5. The number of nitrogens with two attached hydrogens (primary N) is 1.